The molecule has 0 spiro atoms. The van der Waals surface area contributed by atoms with Crippen molar-refractivity contribution in [3.05, 3.63) is 47.3 Å². The number of nitrogens with one attached hydrogen (secondary N) is 2. The van der Waals surface area contributed by atoms with Crippen molar-refractivity contribution in [3.63, 3.8) is 0 Å². The summed E-state index contributed by atoms with van der Waals surface area (Å²) >= 11 is 0. The predicted molar refractivity (Wildman–Crippen MR) is 113 cm³/mol. The fourth-order valence-corrected chi connectivity index (χ4v) is 4.62. The van der Waals surface area contributed by atoms with Crippen molar-refractivity contribution in [3.8, 4) is 0 Å². The van der Waals surface area contributed by atoms with E-state index in [0.29, 0.717) is 18.7 Å². The van der Waals surface area contributed by atoms with Gasteiger partial charge in [0.15, 0.2) is 23.3 Å². The molecule has 34 heavy (non-hydrogen) atoms. The number of hydrogen-bond acceptors (Lipinski definition) is 4. The van der Waals surface area contributed by atoms with E-state index in [-0.39, 0.29) is 31.1 Å². The van der Waals surface area contributed by atoms with E-state index in [1.807, 2.05) is 0 Å². The number of likely N-dealkylation sites (N-methyl/N-ethyl adjacent to an activating group) is 1. The Morgan fingerprint density at radius 3 is 2.15 bits per heavy atom. The average molecular weight is 503 g/mol. The highest BCUT2D eigenvalue weighted by Crippen LogP contribution is 2.24. The molecule has 2 aromatic rings. The van der Waals surface area contributed by atoms with Gasteiger partial charge in [-0.1, -0.05) is 0 Å². The number of aryl methyl sites for hydroxylation is 1. The lowest BCUT2D eigenvalue weighted by atomic mass is 10.2. The molecule has 1 aliphatic rings. The number of hydrogen-bond donors (Lipinski definition) is 2. The van der Waals surface area contributed by atoms with Crippen LogP contribution in [0.4, 0.5) is 23.2 Å². The molecule has 0 aliphatic carbocycles. The molecule has 1 aliphatic heterocycles. The van der Waals surface area contributed by atoms with Crippen molar-refractivity contribution >= 4 is 34.4 Å². The second-order valence-electron chi connectivity index (χ2n) is 7.30. The Kier molecular flexibility index (Phi) is 7.71. The summed E-state index contributed by atoms with van der Waals surface area (Å²) in [5.41, 5.74) is -0.990. The Morgan fingerprint density at radius 2 is 1.59 bits per heavy atom. The second kappa shape index (κ2) is 10.3. The summed E-state index contributed by atoms with van der Waals surface area (Å²) in [6, 6.07) is 1.08. The average Bonchev–Trinajstić information content (AvgIpc) is 3.10. The Bertz CT molecular complexity index is 1140. The molecule has 1 fully saturated rings. The van der Waals surface area contributed by atoms with Gasteiger partial charge in [0.2, 0.25) is 0 Å². The molecule has 1 unspecified atom stereocenters. The summed E-state index contributed by atoms with van der Waals surface area (Å²) in [4.78, 5) is 37.2. The number of anilines is 1. The first kappa shape index (κ1) is 25.4. The maximum absolute atomic E-state index is 15.0. The summed E-state index contributed by atoms with van der Waals surface area (Å²) in [5, 5.41) is 4.48. The summed E-state index contributed by atoms with van der Waals surface area (Å²) in [6.45, 7) is 2.31. The van der Waals surface area contributed by atoms with Gasteiger partial charge in [0, 0.05) is 63.8 Å². The maximum atomic E-state index is 15.0. The van der Waals surface area contributed by atoms with E-state index >= 15 is 4.39 Å². The SMILES string of the molecule is CCNC(=O)C(=O)N1CCN(S(=O)c2cn(C)c(C(=O)Nc3cc(F)c(F)c(F)c3)c2F)CC1. The molecule has 1 atom stereocenters. The topological polar surface area (TPSA) is 104 Å². The quantitative estimate of drug-likeness (QED) is 0.363. The van der Waals surface area contributed by atoms with Crippen LogP contribution >= 0.6 is 0 Å². The number of aromatic nitrogens is 1. The van der Waals surface area contributed by atoms with Crippen LogP contribution in [-0.2, 0) is 27.6 Å². The van der Waals surface area contributed by atoms with Crippen LogP contribution in [0.2, 0.25) is 0 Å². The first-order valence-electron chi connectivity index (χ1n) is 10.1. The molecule has 1 aromatic carbocycles. The van der Waals surface area contributed by atoms with Crippen molar-refractivity contribution in [1.29, 1.82) is 0 Å². The minimum absolute atomic E-state index is 0.0851. The number of benzene rings is 1. The van der Waals surface area contributed by atoms with Crippen LogP contribution in [0.1, 0.15) is 17.4 Å². The summed E-state index contributed by atoms with van der Waals surface area (Å²) < 4.78 is 70.3. The van der Waals surface area contributed by atoms with Crippen molar-refractivity contribution in [2.45, 2.75) is 11.8 Å². The van der Waals surface area contributed by atoms with Crippen LogP contribution in [0.15, 0.2) is 23.2 Å². The van der Waals surface area contributed by atoms with E-state index in [4.69, 9.17) is 0 Å². The predicted octanol–water partition coefficient (Wildman–Crippen LogP) is 1.14. The maximum Gasteiger partial charge on any atom is 0.311 e. The Hall–Kier alpha value is -3.26. The zero-order valence-corrected chi connectivity index (χ0v) is 19.0. The number of piperazine rings is 1. The first-order chi connectivity index (χ1) is 16.0. The number of carbonyl (C=O) groups is 3. The number of rotatable bonds is 5. The molecule has 1 aromatic heterocycles. The monoisotopic (exact) mass is 503 g/mol. The summed E-state index contributed by atoms with van der Waals surface area (Å²) in [6.07, 6.45) is 1.14. The summed E-state index contributed by atoms with van der Waals surface area (Å²) in [7, 11) is -0.724. The van der Waals surface area contributed by atoms with Gasteiger partial charge in [-0.2, -0.15) is 0 Å². The largest absolute Gasteiger partial charge is 0.348 e. The van der Waals surface area contributed by atoms with Crippen molar-refractivity contribution in [2.75, 3.05) is 38.0 Å². The highest BCUT2D eigenvalue weighted by atomic mass is 32.2. The summed E-state index contributed by atoms with van der Waals surface area (Å²) in [5.74, 6) is -8.45. The van der Waals surface area contributed by atoms with E-state index in [0.717, 1.165) is 10.8 Å². The smallest absolute Gasteiger partial charge is 0.311 e. The molecule has 184 valence electrons. The molecule has 2 N–H and O–H groups in total. The van der Waals surface area contributed by atoms with Gasteiger partial charge in [0.1, 0.15) is 21.6 Å². The van der Waals surface area contributed by atoms with Crippen LogP contribution in [0.25, 0.3) is 0 Å². The van der Waals surface area contributed by atoms with Crippen molar-refractivity contribution < 1.29 is 36.2 Å². The second-order valence-corrected chi connectivity index (χ2v) is 8.76. The first-order valence-corrected chi connectivity index (χ1v) is 11.2. The van der Waals surface area contributed by atoms with Gasteiger partial charge >= 0.3 is 11.8 Å². The molecule has 9 nitrogen and oxygen atoms in total. The van der Waals surface area contributed by atoms with E-state index < -0.39 is 63.4 Å². The van der Waals surface area contributed by atoms with Gasteiger partial charge in [-0.05, 0) is 6.92 Å². The van der Waals surface area contributed by atoms with Gasteiger partial charge < -0.3 is 20.1 Å². The normalized spacial score (nSPS) is 15.2. The standard InChI is InChI=1S/C20H21F4N5O4S/c1-3-25-19(31)20(32)28-4-6-29(7-5-28)34(33)14-10-27(2)17(16(14)24)18(30)26-11-8-12(21)15(23)13(22)9-11/h8-10H,3-7H2,1-2H3,(H,25,31)(H,26,30). The number of halogens is 4. The molecule has 1 saturated heterocycles. The molecule has 3 rings (SSSR count). The number of amides is 3. The van der Waals surface area contributed by atoms with Crippen molar-refractivity contribution in [2.24, 2.45) is 7.05 Å². The van der Waals surface area contributed by atoms with E-state index in [1.54, 1.807) is 6.92 Å². The fourth-order valence-electron chi connectivity index (χ4n) is 3.34. The highest BCUT2D eigenvalue weighted by molar-refractivity contribution is 7.82. The van der Waals surface area contributed by atoms with Gasteiger partial charge in [-0.25, -0.2) is 26.1 Å². The molecule has 14 heteroatoms. The van der Waals surface area contributed by atoms with Crippen molar-refractivity contribution in [1.82, 2.24) is 19.1 Å². The van der Waals surface area contributed by atoms with E-state index in [2.05, 4.69) is 10.6 Å². The molecule has 0 radical (unpaired) electrons. The molecule has 0 bridgehead atoms. The zero-order chi connectivity index (χ0) is 25.2. The van der Waals surface area contributed by atoms with Gasteiger partial charge in [-0.3, -0.25) is 14.4 Å². The molecule has 2 heterocycles. The van der Waals surface area contributed by atoms with Crippen LogP contribution in [0.5, 0.6) is 0 Å². The van der Waals surface area contributed by atoms with Crippen LogP contribution in [0.3, 0.4) is 0 Å². The van der Waals surface area contributed by atoms with Crippen LogP contribution in [0, 0.1) is 23.3 Å². The highest BCUT2D eigenvalue weighted by Gasteiger charge is 2.31. The third-order valence-electron chi connectivity index (χ3n) is 5.02. The Labute approximate surface area is 194 Å². The Balaban J connectivity index is 1.71. The minimum Gasteiger partial charge on any atom is -0.348 e. The van der Waals surface area contributed by atoms with E-state index in [9.17, 15) is 31.8 Å². The Morgan fingerprint density at radius 1 is 1.00 bits per heavy atom. The van der Waals surface area contributed by atoms with E-state index in [1.165, 1.54) is 16.3 Å². The molecule has 0 saturated carbocycles. The van der Waals surface area contributed by atoms with Gasteiger partial charge in [-0.15, -0.1) is 0 Å². The molecular weight excluding hydrogens is 482 g/mol. The lowest BCUT2D eigenvalue weighted by Gasteiger charge is -2.33. The third-order valence-corrected chi connectivity index (χ3v) is 6.52. The van der Waals surface area contributed by atoms with Crippen LogP contribution < -0.4 is 10.6 Å². The lowest BCUT2D eigenvalue weighted by molar-refractivity contribution is -0.146. The zero-order valence-electron chi connectivity index (χ0n) is 18.2. The minimum atomic E-state index is -2.04. The third kappa shape index (κ3) is 5.12. The van der Waals surface area contributed by atoms with Crippen LogP contribution in [-0.4, -0.2) is 68.4 Å². The number of nitrogens with zero attached hydrogens (tertiary/aromatic N) is 3. The number of carbonyl (C=O) groups excluding carboxylic acids is 3. The van der Waals surface area contributed by atoms with Gasteiger partial charge in [0.25, 0.3) is 5.91 Å². The lowest BCUT2D eigenvalue weighted by Crippen LogP contribution is -2.52. The molecular formula is C20H21F4N5O4S. The fraction of sp³-hybridized carbons (Fsp3) is 0.350. The molecule has 3 amide bonds. The van der Waals surface area contributed by atoms with Gasteiger partial charge in [0.05, 0.1) is 0 Å².